The third-order valence-electron chi connectivity index (χ3n) is 5.89. The SMILES string of the molecule is O=C(COC(=O)C1(c2ccc(Cl)cc2)CCCC1)NCC1CCCCC1. The first kappa shape index (κ1) is 19.2. The third kappa shape index (κ3) is 4.59. The van der Waals surface area contributed by atoms with E-state index in [2.05, 4.69) is 5.32 Å². The van der Waals surface area contributed by atoms with Crippen molar-refractivity contribution in [3.63, 3.8) is 0 Å². The number of carbonyl (C=O) groups excluding carboxylic acids is 2. The van der Waals surface area contributed by atoms with E-state index in [1.807, 2.05) is 12.1 Å². The molecule has 0 aromatic heterocycles. The maximum atomic E-state index is 12.8. The van der Waals surface area contributed by atoms with E-state index in [0.717, 1.165) is 31.2 Å². The quantitative estimate of drug-likeness (QED) is 0.748. The van der Waals surface area contributed by atoms with Crippen LogP contribution in [-0.4, -0.2) is 25.0 Å². The zero-order valence-corrected chi connectivity index (χ0v) is 16.0. The Kier molecular flexibility index (Phi) is 6.58. The molecule has 2 aliphatic carbocycles. The van der Waals surface area contributed by atoms with Crippen molar-refractivity contribution in [1.29, 1.82) is 0 Å². The minimum atomic E-state index is -0.631. The van der Waals surface area contributed by atoms with Gasteiger partial charge in [0.05, 0.1) is 5.41 Å². The molecule has 0 atom stereocenters. The summed E-state index contributed by atoms with van der Waals surface area (Å²) in [6.45, 7) is 0.500. The molecule has 2 fully saturated rings. The topological polar surface area (TPSA) is 55.4 Å². The Bertz CT molecular complexity index is 617. The molecule has 2 saturated carbocycles. The van der Waals surface area contributed by atoms with E-state index in [9.17, 15) is 9.59 Å². The molecule has 1 N–H and O–H groups in total. The van der Waals surface area contributed by atoms with Crippen LogP contribution in [-0.2, 0) is 19.7 Å². The average Bonchev–Trinajstić information content (AvgIpc) is 3.17. The second-order valence-electron chi connectivity index (χ2n) is 7.68. The van der Waals surface area contributed by atoms with Crippen molar-refractivity contribution >= 4 is 23.5 Å². The first-order valence-electron chi connectivity index (χ1n) is 9.80. The summed E-state index contributed by atoms with van der Waals surface area (Å²) in [6, 6.07) is 7.42. The van der Waals surface area contributed by atoms with Crippen LogP contribution in [0.25, 0.3) is 0 Å². The highest BCUT2D eigenvalue weighted by Crippen LogP contribution is 2.42. The van der Waals surface area contributed by atoms with Gasteiger partial charge in [-0.15, -0.1) is 0 Å². The smallest absolute Gasteiger partial charge is 0.317 e. The second kappa shape index (κ2) is 8.90. The molecular formula is C21H28ClNO3. The minimum Gasteiger partial charge on any atom is -0.455 e. The molecule has 1 amide bonds. The summed E-state index contributed by atoms with van der Waals surface area (Å²) in [5.74, 6) is 0.0805. The maximum Gasteiger partial charge on any atom is 0.317 e. The molecule has 5 heteroatoms. The van der Waals surface area contributed by atoms with Crippen molar-refractivity contribution < 1.29 is 14.3 Å². The molecule has 4 nitrogen and oxygen atoms in total. The standard InChI is InChI=1S/C21H28ClNO3/c22-18-10-8-17(9-11-18)21(12-4-5-13-21)20(25)26-15-19(24)23-14-16-6-2-1-3-7-16/h8-11,16H,1-7,12-15H2,(H,23,24). The highest BCUT2D eigenvalue weighted by atomic mass is 35.5. The Morgan fingerprint density at radius 1 is 1.04 bits per heavy atom. The summed E-state index contributed by atoms with van der Waals surface area (Å²) in [4.78, 5) is 24.9. The molecule has 0 saturated heterocycles. The van der Waals surface area contributed by atoms with Crippen LogP contribution in [0.2, 0.25) is 5.02 Å². The van der Waals surface area contributed by atoms with Crippen molar-refractivity contribution in [3.05, 3.63) is 34.9 Å². The van der Waals surface area contributed by atoms with Crippen LogP contribution in [0.4, 0.5) is 0 Å². The zero-order chi connectivity index (χ0) is 18.4. The molecule has 0 radical (unpaired) electrons. The Labute approximate surface area is 160 Å². The van der Waals surface area contributed by atoms with Gasteiger partial charge in [-0.25, -0.2) is 0 Å². The van der Waals surface area contributed by atoms with E-state index in [1.54, 1.807) is 12.1 Å². The summed E-state index contributed by atoms with van der Waals surface area (Å²) in [5.41, 5.74) is 0.306. The van der Waals surface area contributed by atoms with E-state index in [1.165, 1.54) is 32.1 Å². The van der Waals surface area contributed by atoms with E-state index >= 15 is 0 Å². The fourth-order valence-electron chi connectivity index (χ4n) is 4.33. The molecule has 2 aliphatic rings. The lowest BCUT2D eigenvalue weighted by Crippen LogP contribution is -2.38. The minimum absolute atomic E-state index is 0.194. The molecule has 3 rings (SSSR count). The van der Waals surface area contributed by atoms with Crippen LogP contribution < -0.4 is 5.32 Å². The van der Waals surface area contributed by atoms with Gasteiger partial charge in [-0.1, -0.05) is 55.8 Å². The average molecular weight is 378 g/mol. The Morgan fingerprint density at radius 2 is 1.69 bits per heavy atom. The lowest BCUT2D eigenvalue weighted by atomic mass is 9.79. The number of ether oxygens (including phenoxy) is 1. The number of hydrogen-bond donors (Lipinski definition) is 1. The molecule has 0 unspecified atom stereocenters. The number of rotatable bonds is 6. The number of amides is 1. The zero-order valence-electron chi connectivity index (χ0n) is 15.3. The predicted molar refractivity (Wildman–Crippen MR) is 102 cm³/mol. The third-order valence-corrected chi connectivity index (χ3v) is 6.14. The Morgan fingerprint density at radius 3 is 2.35 bits per heavy atom. The summed E-state index contributed by atoms with van der Waals surface area (Å²) in [6.07, 6.45) is 9.66. The van der Waals surface area contributed by atoms with Crippen LogP contribution in [0.5, 0.6) is 0 Å². The number of esters is 1. The van der Waals surface area contributed by atoms with Gasteiger partial charge < -0.3 is 10.1 Å². The van der Waals surface area contributed by atoms with Gasteiger partial charge in [-0.3, -0.25) is 9.59 Å². The van der Waals surface area contributed by atoms with E-state index < -0.39 is 5.41 Å². The Hall–Kier alpha value is -1.55. The number of halogens is 1. The fourth-order valence-corrected chi connectivity index (χ4v) is 4.45. The summed E-state index contributed by atoms with van der Waals surface area (Å²) >= 11 is 5.98. The normalized spacial score (nSPS) is 19.9. The van der Waals surface area contributed by atoms with Crippen molar-refractivity contribution in [3.8, 4) is 0 Å². The van der Waals surface area contributed by atoms with E-state index in [-0.39, 0.29) is 18.5 Å². The maximum absolute atomic E-state index is 12.8. The van der Waals surface area contributed by atoms with Crippen LogP contribution in [0, 0.1) is 5.92 Å². The first-order valence-corrected chi connectivity index (χ1v) is 10.2. The van der Waals surface area contributed by atoms with Crippen LogP contribution in [0.15, 0.2) is 24.3 Å². The first-order chi connectivity index (χ1) is 12.6. The molecule has 26 heavy (non-hydrogen) atoms. The molecule has 1 aromatic carbocycles. The predicted octanol–water partition coefficient (Wildman–Crippen LogP) is 4.39. The molecule has 1 aromatic rings. The number of benzene rings is 1. The number of carbonyl (C=O) groups is 2. The van der Waals surface area contributed by atoms with Crippen molar-refractivity contribution in [2.75, 3.05) is 13.2 Å². The summed E-state index contributed by atoms with van der Waals surface area (Å²) in [5, 5.41) is 3.57. The van der Waals surface area contributed by atoms with Gasteiger partial charge in [0.25, 0.3) is 5.91 Å². The lowest BCUT2D eigenvalue weighted by molar-refractivity contribution is -0.154. The Balaban J connectivity index is 1.53. The van der Waals surface area contributed by atoms with Gasteiger partial charge in [0, 0.05) is 11.6 Å². The van der Waals surface area contributed by atoms with E-state index in [0.29, 0.717) is 17.5 Å². The summed E-state index contributed by atoms with van der Waals surface area (Å²) < 4.78 is 5.43. The molecule has 142 valence electrons. The van der Waals surface area contributed by atoms with Gasteiger partial charge in [-0.2, -0.15) is 0 Å². The monoisotopic (exact) mass is 377 g/mol. The highest BCUT2D eigenvalue weighted by molar-refractivity contribution is 6.30. The number of hydrogen-bond acceptors (Lipinski definition) is 3. The molecule has 0 aliphatic heterocycles. The van der Waals surface area contributed by atoms with Crippen LogP contribution in [0.3, 0.4) is 0 Å². The van der Waals surface area contributed by atoms with Crippen molar-refractivity contribution in [2.45, 2.75) is 63.2 Å². The van der Waals surface area contributed by atoms with Gasteiger partial charge in [0.15, 0.2) is 6.61 Å². The van der Waals surface area contributed by atoms with Crippen LogP contribution in [0.1, 0.15) is 63.4 Å². The number of nitrogens with one attached hydrogen (secondary N) is 1. The fraction of sp³-hybridized carbons (Fsp3) is 0.619. The van der Waals surface area contributed by atoms with Gasteiger partial charge in [-0.05, 0) is 49.3 Å². The summed E-state index contributed by atoms with van der Waals surface area (Å²) in [7, 11) is 0. The van der Waals surface area contributed by atoms with Crippen molar-refractivity contribution in [1.82, 2.24) is 5.32 Å². The molecule has 0 spiro atoms. The van der Waals surface area contributed by atoms with Gasteiger partial charge in [0.2, 0.25) is 0 Å². The van der Waals surface area contributed by atoms with Crippen molar-refractivity contribution in [2.24, 2.45) is 5.92 Å². The molecule has 0 bridgehead atoms. The second-order valence-corrected chi connectivity index (χ2v) is 8.12. The van der Waals surface area contributed by atoms with Gasteiger partial charge in [0.1, 0.15) is 0 Å². The lowest BCUT2D eigenvalue weighted by Gasteiger charge is -2.27. The van der Waals surface area contributed by atoms with Gasteiger partial charge >= 0.3 is 5.97 Å². The highest BCUT2D eigenvalue weighted by Gasteiger charge is 2.44. The molecular weight excluding hydrogens is 350 g/mol. The molecule has 0 heterocycles. The largest absolute Gasteiger partial charge is 0.455 e. The van der Waals surface area contributed by atoms with E-state index in [4.69, 9.17) is 16.3 Å². The van der Waals surface area contributed by atoms with Crippen LogP contribution >= 0.6 is 11.6 Å².